The molecule has 4 heteroatoms. The first-order valence-corrected chi connectivity index (χ1v) is 4.83. The highest BCUT2D eigenvalue weighted by Crippen LogP contribution is 2.26. The minimum absolute atomic E-state index is 0.338. The molecule has 0 aliphatic heterocycles. The third-order valence-electron chi connectivity index (χ3n) is 2.56. The van der Waals surface area contributed by atoms with Crippen LogP contribution in [0.15, 0.2) is 12.2 Å². The number of hydrogen-bond donors (Lipinski definition) is 3. The van der Waals surface area contributed by atoms with Crippen LogP contribution in [0.1, 0.15) is 32.1 Å². The predicted octanol–water partition coefficient (Wildman–Crippen LogP) is 0.683. The summed E-state index contributed by atoms with van der Waals surface area (Å²) >= 11 is 0. The molecule has 2 atom stereocenters. The average Bonchev–Trinajstić information content (AvgIpc) is 2.07. The molecule has 3 N–H and O–H groups in total. The monoisotopic (exact) mass is 200 g/mol. The Balaban J connectivity index is 2.74. The van der Waals surface area contributed by atoms with Crippen LogP contribution in [0.4, 0.5) is 0 Å². The molecule has 0 bridgehead atoms. The first kappa shape index (κ1) is 11.2. The highest BCUT2D eigenvalue weighted by Gasteiger charge is 2.36. The van der Waals surface area contributed by atoms with Gasteiger partial charge in [0, 0.05) is 0 Å². The molecule has 1 rings (SSSR count). The second kappa shape index (κ2) is 4.57. The Bertz CT molecular complexity index is 236. The van der Waals surface area contributed by atoms with Crippen molar-refractivity contribution in [3.05, 3.63) is 12.2 Å². The Morgan fingerprint density at radius 1 is 1.50 bits per heavy atom. The van der Waals surface area contributed by atoms with Crippen molar-refractivity contribution in [3.8, 4) is 0 Å². The van der Waals surface area contributed by atoms with Crippen LogP contribution >= 0.6 is 0 Å². The third kappa shape index (κ3) is 2.82. The third-order valence-corrected chi connectivity index (χ3v) is 2.56. The number of rotatable bonds is 2. The van der Waals surface area contributed by atoms with Gasteiger partial charge in [0.15, 0.2) is 0 Å². The maximum absolute atomic E-state index is 10.5. The summed E-state index contributed by atoms with van der Waals surface area (Å²) < 4.78 is 0. The van der Waals surface area contributed by atoms with Gasteiger partial charge in [-0.25, -0.2) is 0 Å². The van der Waals surface area contributed by atoms with E-state index in [1.165, 1.54) is 6.08 Å². The number of carboxylic acid groups (broad SMARTS) is 1. The van der Waals surface area contributed by atoms with E-state index in [9.17, 15) is 15.0 Å². The van der Waals surface area contributed by atoms with E-state index >= 15 is 0 Å². The highest BCUT2D eigenvalue weighted by molar-refractivity contribution is 5.68. The number of hydrogen-bond acceptors (Lipinski definition) is 3. The van der Waals surface area contributed by atoms with Gasteiger partial charge in [-0.05, 0) is 19.3 Å². The number of carbonyl (C=O) groups is 1. The first-order valence-electron chi connectivity index (χ1n) is 4.83. The van der Waals surface area contributed by atoms with Crippen molar-refractivity contribution < 1.29 is 20.1 Å². The van der Waals surface area contributed by atoms with Gasteiger partial charge in [-0.15, -0.1) is 0 Å². The van der Waals surface area contributed by atoms with Crippen molar-refractivity contribution in [2.75, 3.05) is 0 Å². The fourth-order valence-corrected chi connectivity index (χ4v) is 1.70. The molecule has 0 spiro atoms. The van der Waals surface area contributed by atoms with Crippen LogP contribution in [0.3, 0.4) is 0 Å². The number of carboxylic acids is 1. The molecule has 0 amide bonds. The van der Waals surface area contributed by atoms with Crippen molar-refractivity contribution >= 4 is 5.97 Å². The molecule has 1 aliphatic rings. The van der Waals surface area contributed by atoms with Crippen molar-refractivity contribution in [3.63, 3.8) is 0 Å². The summed E-state index contributed by atoms with van der Waals surface area (Å²) in [6.45, 7) is 0. The van der Waals surface area contributed by atoms with Gasteiger partial charge in [0.2, 0.25) is 0 Å². The van der Waals surface area contributed by atoms with Gasteiger partial charge < -0.3 is 15.3 Å². The van der Waals surface area contributed by atoms with E-state index < -0.39 is 24.1 Å². The summed E-state index contributed by atoms with van der Waals surface area (Å²) in [5, 5.41) is 28.1. The minimum atomic E-state index is -1.50. The summed E-state index contributed by atoms with van der Waals surface area (Å²) in [6, 6.07) is 0. The Labute approximate surface area is 82.9 Å². The lowest BCUT2D eigenvalue weighted by atomic mass is 9.85. The molecule has 0 saturated carbocycles. The van der Waals surface area contributed by atoms with Crippen LogP contribution < -0.4 is 0 Å². The lowest BCUT2D eigenvalue weighted by Crippen LogP contribution is -2.43. The average molecular weight is 200 g/mol. The van der Waals surface area contributed by atoms with E-state index in [2.05, 4.69) is 0 Å². The minimum Gasteiger partial charge on any atom is -0.481 e. The Morgan fingerprint density at radius 3 is 2.86 bits per heavy atom. The molecule has 2 unspecified atom stereocenters. The SMILES string of the molecule is O=C(O)CC1(O)CCCC/C=C/C1O. The van der Waals surface area contributed by atoms with Gasteiger partial charge in [-0.3, -0.25) is 4.79 Å². The highest BCUT2D eigenvalue weighted by atomic mass is 16.4. The van der Waals surface area contributed by atoms with Crippen LogP contribution in [0.2, 0.25) is 0 Å². The summed E-state index contributed by atoms with van der Waals surface area (Å²) in [4.78, 5) is 10.5. The van der Waals surface area contributed by atoms with Crippen LogP contribution in [0, 0.1) is 0 Å². The second-order valence-electron chi connectivity index (χ2n) is 3.79. The Hall–Kier alpha value is -0.870. The molecule has 0 aromatic rings. The summed E-state index contributed by atoms with van der Waals surface area (Å²) in [5.41, 5.74) is -1.50. The lowest BCUT2D eigenvalue weighted by molar-refractivity contribution is -0.147. The van der Waals surface area contributed by atoms with Crippen LogP contribution in [-0.4, -0.2) is 33.0 Å². The van der Waals surface area contributed by atoms with E-state index in [1.54, 1.807) is 6.08 Å². The first-order chi connectivity index (χ1) is 6.54. The molecular weight excluding hydrogens is 184 g/mol. The number of aliphatic hydroxyl groups excluding tert-OH is 1. The van der Waals surface area contributed by atoms with Gasteiger partial charge in [0.1, 0.15) is 11.7 Å². The molecule has 0 aromatic carbocycles. The quantitative estimate of drug-likeness (QED) is 0.573. The predicted molar refractivity (Wildman–Crippen MR) is 50.8 cm³/mol. The topological polar surface area (TPSA) is 77.8 Å². The smallest absolute Gasteiger partial charge is 0.306 e. The second-order valence-corrected chi connectivity index (χ2v) is 3.79. The Kier molecular flexibility index (Phi) is 3.66. The van der Waals surface area contributed by atoms with E-state index in [4.69, 9.17) is 5.11 Å². The van der Waals surface area contributed by atoms with E-state index in [0.29, 0.717) is 6.42 Å². The molecule has 0 saturated heterocycles. The van der Waals surface area contributed by atoms with Crippen LogP contribution in [0.25, 0.3) is 0 Å². The van der Waals surface area contributed by atoms with Crippen molar-refractivity contribution in [1.29, 1.82) is 0 Å². The fraction of sp³-hybridized carbons (Fsp3) is 0.700. The van der Waals surface area contributed by atoms with Gasteiger partial charge >= 0.3 is 5.97 Å². The molecular formula is C10H16O4. The molecule has 1 aliphatic carbocycles. The van der Waals surface area contributed by atoms with Gasteiger partial charge in [0.25, 0.3) is 0 Å². The molecule has 0 fully saturated rings. The molecule has 0 heterocycles. The van der Waals surface area contributed by atoms with Crippen molar-refractivity contribution in [2.45, 2.75) is 43.8 Å². The molecule has 0 aromatic heterocycles. The summed E-state index contributed by atoms with van der Waals surface area (Å²) in [6.07, 6.45) is 4.68. The normalized spacial score (nSPS) is 35.7. The van der Waals surface area contributed by atoms with Crippen molar-refractivity contribution in [1.82, 2.24) is 0 Å². The maximum atomic E-state index is 10.5. The zero-order valence-corrected chi connectivity index (χ0v) is 8.02. The maximum Gasteiger partial charge on any atom is 0.306 e. The zero-order chi connectivity index (χ0) is 10.6. The lowest BCUT2D eigenvalue weighted by Gasteiger charge is -2.31. The molecule has 80 valence electrons. The fourth-order valence-electron chi connectivity index (χ4n) is 1.70. The zero-order valence-electron chi connectivity index (χ0n) is 8.02. The standard InChI is InChI=1S/C10H16O4/c11-8-5-3-1-2-4-6-10(8,14)7-9(12)13/h3,5,8,11,14H,1-2,4,6-7H2,(H,12,13)/b5-3+. The van der Waals surface area contributed by atoms with E-state index in [1.807, 2.05) is 0 Å². The van der Waals surface area contributed by atoms with Gasteiger partial charge in [0.05, 0.1) is 6.42 Å². The van der Waals surface area contributed by atoms with Crippen molar-refractivity contribution in [2.24, 2.45) is 0 Å². The molecule has 4 nitrogen and oxygen atoms in total. The van der Waals surface area contributed by atoms with Crippen LogP contribution in [0.5, 0.6) is 0 Å². The Morgan fingerprint density at radius 2 is 2.21 bits per heavy atom. The number of aliphatic carboxylic acids is 1. The summed E-state index contributed by atoms with van der Waals surface area (Å²) in [7, 11) is 0. The number of aliphatic hydroxyl groups is 2. The van der Waals surface area contributed by atoms with E-state index in [0.717, 1.165) is 19.3 Å². The molecule has 0 radical (unpaired) electrons. The van der Waals surface area contributed by atoms with Gasteiger partial charge in [-0.1, -0.05) is 18.6 Å². The molecule has 14 heavy (non-hydrogen) atoms. The summed E-state index contributed by atoms with van der Waals surface area (Å²) in [5.74, 6) is -1.08. The number of allylic oxidation sites excluding steroid dienone is 1. The van der Waals surface area contributed by atoms with E-state index in [-0.39, 0.29) is 0 Å². The largest absolute Gasteiger partial charge is 0.481 e. The van der Waals surface area contributed by atoms with Gasteiger partial charge in [-0.2, -0.15) is 0 Å². The van der Waals surface area contributed by atoms with Crippen LogP contribution in [-0.2, 0) is 4.79 Å².